The number of nitrogens with one attached hydrogen (secondary N) is 1. The standard InChI is InChI=1S/C23H27N5O3/c1-14-9-16(7-8-30-14)28-20(13-26-22(29)31-23(2,3)4)27-19-12-25-18-6-5-15(11-24)10-17(18)21(19)28/h5-6,10,12,14,16H,7-9,13H2,1-4H3,(H,26,29)/t14-,16?/m1/s1. The van der Waals surface area contributed by atoms with Gasteiger partial charge in [-0.25, -0.2) is 9.78 Å². The molecule has 8 heteroatoms. The summed E-state index contributed by atoms with van der Waals surface area (Å²) in [5.41, 5.74) is 2.47. The summed E-state index contributed by atoms with van der Waals surface area (Å²) >= 11 is 0. The maximum atomic E-state index is 12.2. The highest BCUT2D eigenvalue weighted by Gasteiger charge is 2.27. The summed E-state index contributed by atoms with van der Waals surface area (Å²) < 4.78 is 13.3. The van der Waals surface area contributed by atoms with Crippen molar-refractivity contribution in [1.29, 1.82) is 5.26 Å². The molecule has 31 heavy (non-hydrogen) atoms. The lowest BCUT2D eigenvalue weighted by Crippen LogP contribution is -2.33. The Kier molecular flexibility index (Phi) is 5.54. The molecule has 1 saturated heterocycles. The Balaban J connectivity index is 1.81. The van der Waals surface area contributed by atoms with Crippen LogP contribution in [0.5, 0.6) is 0 Å². The topological polar surface area (TPSA) is 102 Å². The zero-order valence-corrected chi connectivity index (χ0v) is 18.3. The van der Waals surface area contributed by atoms with E-state index in [9.17, 15) is 10.1 Å². The largest absolute Gasteiger partial charge is 0.444 e. The van der Waals surface area contributed by atoms with Crippen LogP contribution in [0.25, 0.3) is 21.9 Å². The number of amides is 1. The molecule has 2 aromatic heterocycles. The van der Waals surface area contributed by atoms with E-state index in [4.69, 9.17) is 14.5 Å². The van der Waals surface area contributed by atoms with Crippen molar-refractivity contribution < 1.29 is 14.3 Å². The monoisotopic (exact) mass is 421 g/mol. The van der Waals surface area contributed by atoms with Crippen LogP contribution < -0.4 is 5.32 Å². The molecule has 1 N–H and O–H groups in total. The second-order valence-corrected chi connectivity index (χ2v) is 8.95. The Morgan fingerprint density at radius 3 is 2.90 bits per heavy atom. The number of hydrogen-bond donors (Lipinski definition) is 1. The van der Waals surface area contributed by atoms with Crippen molar-refractivity contribution in [2.45, 2.75) is 64.8 Å². The first-order valence-electron chi connectivity index (χ1n) is 10.5. The van der Waals surface area contributed by atoms with Gasteiger partial charge in [-0.05, 0) is 58.7 Å². The number of nitriles is 1. The van der Waals surface area contributed by atoms with Crippen molar-refractivity contribution in [1.82, 2.24) is 19.9 Å². The lowest BCUT2D eigenvalue weighted by molar-refractivity contribution is 0.00609. The Morgan fingerprint density at radius 1 is 1.39 bits per heavy atom. The Labute approximate surface area is 181 Å². The Hall–Kier alpha value is -3.18. The summed E-state index contributed by atoms with van der Waals surface area (Å²) in [5.74, 6) is 0.733. The first-order chi connectivity index (χ1) is 14.7. The van der Waals surface area contributed by atoms with Gasteiger partial charge in [0.2, 0.25) is 0 Å². The first kappa shape index (κ1) is 21.1. The van der Waals surface area contributed by atoms with E-state index in [1.807, 2.05) is 32.9 Å². The third-order valence-corrected chi connectivity index (χ3v) is 5.33. The number of rotatable bonds is 3. The maximum absolute atomic E-state index is 12.2. The number of imidazole rings is 1. The van der Waals surface area contributed by atoms with E-state index in [-0.39, 0.29) is 18.7 Å². The molecule has 0 saturated carbocycles. The van der Waals surface area contributed by atoms with Gasteiger partial charge in [0.05, 0.1) is 41.5 Å². The number of fused-ring (bicyclic) bond motifs is 3. The lowest BCUT2D eigenvalue weighted by Gasteiger charge is -2.30. The average Bonchev–Trinajstić information content (AvgIpc) is 3.09. The molecule has 0 bridgehead atoms. The Morgan fingerprint density at radius 2 is 2.19 bits per heavy atom. The summed E-state index contributed by atoms with van der Waals surface area (Å²) in [6, 6.07) is 7.86. The molecule has 4 rings (SSSR count). The predicted molar refractivity (Wildman–Crippen MR) is 117 cm³/mol. The van der Waals surface area contributed by atoms with Gasteiger partial charge in [-0.15, -0.1) is 0 Å². The quantitative estimate of drug-likeness (QED) is 0.679. The van der Waals surface area contributed by atoms with Crippen LogP contribution in [0, 0.1) is 11.3 Å². The molecule has 0 radical (unpaired) electrons. The molecule has 1 unspecified atom stereocenters. The van der Waals surface area contributed by atoms with Gasteiger partial charge < -0.3 is 19.4 Å². The minimum Gasteiger partial charge on any atom is -0.444 e. The van der Waals surface area contributed by atoms with E-state index in [1.165, 1.54) is 0 Å². The van der Waals surface area contributed by atoms with Gasteiger partial charge in [0, 0.05) is 18.0 Å². The van der Waals surface area contributed by atoms with Crippen LogP contribution in [-0.2, 0) is 16.0 Å². The fourth-order valence-electron chi connectivity index (χ4n) is 4.09. The van der Waals surface area contributed by atoms with Gasteiger partial charge in [0.1, 0.15) is 16.9 Å². The normalized spacial score (nSPS) is 19.3. The van der Waals surface area contributed by atoms with Crippen LogP contribution in [0.3, 0.4) is 0 Å². The molecule has 1 amide bonds. The van der Waals surface area contributed by atoms with Crippen molar-refractivity contribution in [3.63, 3.8) is 0 Å². The summed E-state index contributed by atoms with van der Waals surface area (Å²) in [7, 11) is 0. The van der Waals surface area contributed by atoms with E-state index in [1.54, 1.807) is 12.3 Å². The molecule has 1 fully saturated rings. The van der Waals surface area contributed by atoms with Gasteiger partial charge in [0.25, 0.3) is 0 Å². The fraction of sp³-hybridized carbons (Fsp3) is 0.478. The minimum absolute atomic E-state index is 0.130. The van der Waals surface area contributed by atoms with E-state index < -0.39 is 11.7 Å². The maximum Gasteiger partial charge on any atom is 0.408 e. The van der Waals surface area contributed by atoms with Crippen molar-refractivity contribution >= 4 is 28.0 Å². The van der Waals surface area contributed by atoms with E-state index in [2.05, 4.69) is 27.9 Å². The van der Waals surface area contributed by atoms with Crippen molar-refractivity contribution in [3.8, 4) is 6.07 Å². The molecular formula is C23H27N5O3. The third kappa shape index (κ3) is 4.47. The second kappa shape index (κ2) is 8.16. The number of carbonyl (C=O) groups is 1. The van der Waals surface area contributed by atoms with E-state index in [0.29, 0.717) is 12.2 Å². The smallest absolute Gasteiger partial charge is 0.408 e. The van der Waals surface area contributed by atoms with Crippen molar-refractivity contribution in [2.24, 2.45) is 0 Å². The van der Waals surface area contributed by atoms with Crippen molar-refractivity contribution in [3.05, 3.63) is 35.8 Å². The molecule has 0 spiro atoms. The lowest BCUT2D eigenvalue weighted by atomic mass is 10.0. The van der Waals surface area contributed by atoms with Crippen molar-refractivity contribution in [2.75, 3.05) is 6.61 Å². The summed E-state index contributed by atoms with van der Waals surface area (Å²) in [5, 5.41) is 13.1. The van der Waals surface area contributed by atoms with E-state index in [0.717, 1.165) is 40.6 Å². The number of pyridine rings is 1. The van der Waals surface area contributed by atoms with Gasteiger partial charge in [0.15, 0.2) is 0 Å². The zero-order valence-electron chi connectivity index (χ0n) is 18.3. The molecule has 1 aliphatic heterocycles. The van der Waals surface area contributed by atoms with Crippen LogP contribution in [0.15, 0.2) is 24.4 Å². The number of aromatic nitrogens is 3. The van der Waals surface area contributed by atoms with E-state index >= 15 is 0 Å². The number of ether oxygens (including phenoxy) is 2. The molecule has 2 atom stereocenters. The number of benzene rings is 1. The average molecular weight is 422 g/mol. The highest BCUT2D eigenvalue weighted by Crippen LogP contribution is 2.33. The number of hydrogen-bond acceptors (Lipinski definition) is 6. The zero-order chi connectivity index (χ0) is 22.2. The second-order valence-electron chi connectivity index (χ2n) is 8.95. The molecule has 0 aliphatic carbocycles. The van der Waals surface area contributed by atoms with Gasteiger partial charge in [-0.3, -0.25) is 4.98 Å². The van der Waals surface area contributed by atoms with Crippen LogP contribution >= 0.6 is 0 Å². The fourth-order valence-corrected chi connectivity index (χ4v) is 4.09. The number of nitrogens with zero attached hydrogens (tertiary/aromatic N) is 4. The summed E-state index contributed by atoms with van der Waals surface area (Å²) in [6.07, 6.45) is 3.08. The van der Waals surface area contributed by atoms with Crippen LogP contribution in [0.2, 0.25) is 0 Å². The van der Waals surface area contributed by atoms with Gasteiger partial charge >= 0.3 is 6.09 Å². The predicted octanol–water partition coefficient (Wildman–Crippen LogP) is 4.22. The minimum atomic E-state index is -0.575. The highest BCUT2D eigenvalue weighted by atomic mass is 16.6. The number of alkyl carbamates (subject to hydrolysis) is 1. The molecule has 1 aliphatic rings. The van der Waals surface area contributed by atoms with Crippen LogP contribution in [0.4, 0.5) is 4.79 Å². The summed E-state index contributed by atoms with van der Waals surface area (Å²) in [4.78, 5) is 21.6. The Bertz CT molecular complexity index is 1170. The molecule has 3 heterocycles. The molecule has 162 valence electrons. The van der Waals surface area contributed by atoms with Crippen LogP contribution in [-0.4, -0.2) is 38.9 Å². The van der Waals surface area contributed by atoms with Gasteiger partial charge in [-0.1, -0.05) is 0 Å². The first-order valence-corrected chi connectivity index (χ1v) is 10.5. The molecular weight excluding hydrogens is 394 g/mol. The van der Waals surface area contributed by atoms with Gasteiger partial charge in [-0.2, -0.15) is 5.26 Å². The molecule has 3 aromatic rings. The number of carbonyl (C=O) groups excluding carboxylic acids is 1. The van der Waals surface area contributed by atoms with Crippen LogP contribution in [0.1, 0.15) is 58.0 Å². The molecule has 8 nitrogen and oxygen atoms in total. The molecule has 1 aromatic carbocycles. The SMILES string of the molecule is C[C@@H]1CC(n2c(CNC(=O)OC(C)(C)C)nc3cnc4ccc(C#N)cc4c32)CCO1. The highest BCUT2D eigenvalue weighted by molar-refractivity contribution is 6.02. The third-order valence-electron chi connectivity index (χ3n) is 5.33. The summed E-state index contributed by atoms with van der Waals surface area (Å²) in [6.45, 7) is 8.45.